The third-order valence-electron chi connectivity index (χ3n) is 2.00. The third-order valence-corrected chi connectivity index (χ3v) is 2.00. The Kier molecular flexibility index (Phi) is 4.18. The van der Waals surface area contributed by atoms with Gasteiger partial charge in [0.15, 0.2) is 0 Å². The molecule has 16 heavy (non-hydrogen) atoms. The highest BCUT2D eigenvalue weighted by Gasteiger charge is 2.12. The number of hydrogen-bond acceptors (Lipinski definition) is 4. The number of aliphatic hydroxyl groups excluding tert-OH is 1. The van der Waals surface area contributed by atoms with Crippen LogP contribution in [0.5, 0.6) is 0 Å². The summed E-state index contributed by atoms with van der Waals surface area (Å²) in [5.41, 5.74) is 0.809. The highest BCUT2D eigenvalue weighted by Crippen LogP contribution is 2.21. The fourth-order valence-corrected chi connectivity index (χ4v) is 1.24. The van der Waals surface area contributed by atoms with Crippen LogP contribution in [0.4, 0.5) is 5.69 Å². The standard InChI is InChI=1S/C11H10N2O3/c12-6-2-1-3-9-4-5-10(8-14)11(7-9)13(15)16/h1,3-5,7,14H,2,8H2. The van der Waals surface area contributed by atoms with Crippen LogP contribution < -0.4 is 0 Å². The zero-order valence-corrected chi connectivity index (χ0v) is 8.46. The molecule has 5 heteroatoms. The molecule has 0 aliphatic carbocycles. The smallest absolute Gasteiger partial charge is 0.275 e. The van der Waals surface area contributed by atoms with Crippen LogP contribution in [0.25, 0.3) is 6.08 Å². The van der Waals surface area contributed by atoms with Crippen LogP contribution >= 0.6 is 0 Å². The van der Waals surface area contributed by atoms with Gasteiger partial charge in [-0.2, -0.15) is 5.26 Å². The van der Waals surface area contributed by atoms with Gasteiger partial charge in [0.05, 0.1) is 29.6 Å². The Morgan fingerprint density at radius 3 is 2.88 bits per heavy atom. The molecule has 0 aliphatic heterocycles. The largest absolute Gasteiger partial charge is 0.391 e. The highest BCUT2D eigenvalue weighted by atomic mass is 16.6. The first-order valence-corrected chi connectivity index (χ1v) is 4.60. The summed E-state index contributed by atoms with van der Waals surface area (Å²) in [5, 5.41) is 27.9. The van der Waals surface area contributed by atoms with Crippen molar-refractivity contribution in [3.05, 3.63) is 45.5 Å². The topological polar surface area (TPSA) is 87.2 Å². The molecule has 1 N–H and O–H groups in total. The molecule has 0 aliphatic rings. The molecule has 1 aromatic rings. The first-order chi connectivity index (χ1) is 7.69. The molecule has 0 amide bonds. The van der Waals surface area contributed by atoms with Gasteiger partial charge in [-0.3, -0.25) is 10.1 Å². The lowest BCUT2D eigenvalue weighted by molar-refractivity contribution is -0.385. The number of benzene rings is 1. The lowest BCUT2D eigenvalue weighted by Gasteiger charge is -2.00. The molecule has 5 nitrogen and oxygen atoms in total. The summed E-state index contributed by atoms with van der Waals surface area (Å²) in [6, 6.07) is 6.47. The average Bonchev–Trinajstić information content (AvgIpc) is 2.29. The highest BCUT2D eigenvalue weighted by molar-refractivity contribution is 5.56. The van der Waals surface area contributed by atoms with Crippen molar-refractivity contribution >= 4 is 11.8 Å². The molecule has 0 spiro atoms. The minimum atomic E-state index is -0.535. The Balaban J connectivity index is 3.03. The monoisotopic (exact) mass is 218 g/mol. The van der Waals surface area contributed by atoms with E-state index in [0.717, 1.165) is 0 Å². The van der Waals surface area contributed by atoms with Crippen LogP contribution in [-0.4, -0.2) is 10.0 Å². The van der Waals surface area contributed by atoms with Crippen LogP contribution in [0.3, 0.4) is 0 Å². The van der Waals surface area contributed by atoms with Gasteiger partial charge in [0.2, 0.25) is 0 Å². The quantitative estimate of drug-likeness (QED) is 0.618. The number of aliphatic hydroxyl groups is 1. The van der Waals surface area contributed by atoms with Gasteiger partial charge >= 0.3 is 0 Å². The van der Waals surface area contributed by atoms with Gasteiger partial charge in [-0.15, -0.1) is 0 Å². The summed E-state index contributed by atoms with van der Waals surface area (Å²) in [7, 11) is 0. The second-order valence-corrected chi connectivity index (χ2v) is 3.07. The Bertz CT molecular complexity index is 461. The maximum Gasteiger partial charge on any atom is 0.275 e. The molecular formula is C11H10N2O3. The molecule has 0 heterocycles. The van der Waals surface area contributed by atoms with Crippen LogP contribution in [0.1, 0.15) is 17.5 Å². The normalized spacial score (nSPS) is 10.2. The average molecular weight is 218 g/mol. The fraction of sp³-hybridized carbons (Fsp3) is 0.182. The van der Waals surface area contributed by atoms with Crippen LogP contribution in [0, 0.1) is 21.4 Å². The van der Waals surface area contributed by atoms with E-state index in [2.05, 4.69) is 0 Å². The van der Waals surface area contributed by atoms with E-state index in [4.69, 9.17) is 10.4 Å². The zero-order valence-electron chi connectivity index (χ0n) is 8.46. The molecule has 0 radical (unpaired) electrons. The molecule has 0 atom stereocenters. The third kappa shape index (κ3) is 2.90. The number of nitro benzene ring substituents is 1. The zero-order chi connectivity index (χ0) is 12.0. The molecule has 0 saturated heterocycles. The van der Waals surface area contributed by atoms with Crippen molar-refractivity contribution in [2.45, 2.75) is 13.0 Å². The van der Waals surface area contributed by atoms with Gasteiger partial charge in [0, 0.05) is 6.07 Å². The first-order valence-electron chi connectivity index (χ1n) is 4.60. The van der Waals surface area contributed by atoms with Gasteiger partial charge in [-0.05, 0) is 11.6 Å². The summed E-state index contributed by atoms with van der Waals surface area (Å²) in [6.45, 7) is -0.363. The maximum atomic E-state index is 10.7. The number of rotatable bonds is 4. The molecule has 0 aromatic heterocycles. The maximum absolute atomic E-state index is 10.7. The summed E-state index contributed by atoms with van der Waals surface area (Å²) in [6.07, 6.45) is 3.52. The molecule has 0 saturated carbocycles. The Labute approximate surface area is 92.4 Å². The van der Waals surface area contributed by atoms with Crippen molar-refractivity contribution in [2.24, 2.45) is 0 Å². The second-order valence-electron chi connectivity index (χ2n) is 3.07. The fourth-order valence-electron chi connectivity index (χ4n) is 1.24. The van der Waals surface area contributed by atoms with E-state index in [1.165, 1.54) is 12.1 Å². The molecule has 0 fully saturated rings. The first kappa shape index (κ1) is 11.9. The molecule has 0 unspecified atom stereocenters. The SMILES string of the molecule is N#CCC=Cc1ccc(CO)c([N+](=O)[O-])c1. The van der Waals surface area contributed by atoms with Crippen LogP contribution in [0.15, 0.2) is 24.3 Å². The van der Waals surface area contributed by atoms with Crippen molar-refractivity contribution in [3.8, 4) is 6.07 Å². The molecular weight excluding hydrogens is 208 g/mol. The minimum Gasteiger partial charge on any atom is -0.391 e. The second kappa shape index (κ2) is 5.63. The van der Waals surface area contributed by atoms with Crippen molar-refractivity contribution in [1.82, 2.24) is 0 Å². The number of hydrogen-bond donors (Lipinski definition) is 1. The number of nitriles is 1. The van der Waals surface area contributed by atoms with E-state index in [-0.39, 0.29) is 24.3 Å². The summed E-state index contributed by atoms with van der Waals surface area (Å²) < 4.78 is 0. The minimum absolute atomic E-state index is 0.110. The van der Waals surface area contributed by atoms with E-state index < -0.39 is 4.92 Å². The van der Waals surface area contributed by atoms with E-state index in [0.29, 0.717) is 5.56 Å². The van der Waals surface area contributed by atoms with Crippen molar-refractivity contribution < 1.29 is 10.0 Å². The van der Waals surface area contributed by atoms with E-state index >= 15 is 0 Å². The van der Waals surface area contributed by atoms with Gasteiger partial charge in [0.1, 0.15) is 0 Å². The van der Waals surface area contributed by atoms with Crippen molar-refractivity contribution in [2.75, 3.05) is 0 Å². The van der Waals surface area contributed by atoms with E-state index in [1.54, 1.807) is 18.2 Å². The summed E-state index contributed by atoms with van der Waals surface area (Å²) in [5.74, 6) is 0. The Morgan fingerprint density at radius 1 is 1.56 bits per heavy atom. The number of nitro groups is 1. The molecule has 82 valence electrons. The Morgan fingerprint density at radius 2 is 2.31 bits per heavy atom. The van der Waals surface area contributed by atoms with Gasteiger partial charge < -0.3 is 5.11 Å². The number of nitrogens with zero attached hydrogens (tertiary/aromatic N) is 2. The predicted molar refractivity (Wildman–Crippen MR) is 58.3 cm³/mol. The van der Waals surface area contributed by atoms with E-state index in [9.17, 15) is 10.1 Å². The van der Waals surface area contributed by atoms with Crippen molar-refractivity contribution in [3.63, 3.8) is 0 Å². The van der Waals surface area contributed by atoms with Gasteiger partial charge in [-0.1, -0.05) is 18.2 Å². The van der Waals surface area contributed by atoms with Gasteiger partial charge in [0.25, 0.3) is 5.69 Å². The van der Waals surface area contributed by atoms with Crippen LogP contribution in [-0.2, 0) is 6.61 Å². The molecule has 1 aromatic carbocycles. The summed E-state index contributed by atoms with van der Waals surface area (Å²) in [4.78, 5) is 10.1. The lowest BCUT2D eigenvalue weighted by Crippen LogP contribution is -1.95. The van der Waals surface area contributed by atoms with E-state index in [1.807, 2.05) is 6.07 Å². The Hall–Kier alpha value is -2.19. The van der Waals surface area contributed by atoms with Gasteiger partial charge in [-0.25, -0.2) is 0 Å². The van der Waals surface area contributed by atoms with Crippen molar-refractivity contribution in [1.29, 1.82) is 5.26 Å². The number of allylic oxidation sites excluding steroid dienone is 1. The summed E-state index contributed by atoms with van der Waals surface area (Å²) >= 11 is 0. The lowest BCUT2D eigenvalue weighted by atomic mass is 10.1. The van der Waals surface area contributed by atoms with Crippen LogP contribution in [0.2, 0.25) is 0 Å². The predicted octanol–water partition coefficient (Wildman–Crippen LogP) is 2.01. The molecule has 1 rings (SSSR count). The molecule has 0 bridgehead atoms.